The SMILES string of the molecule is CCCCC=CC=CCCOC(C)=O. The second-order valence-corrected chi connectivity index (χ2v) is 3.13. The van der Waals surface area contributed by atoms with E-state index in [1.54, 1.807) is 0 Å². The van der Waals surface area contributed by atoms with Gasteiger partial charge in [-0.3, -0.25) is 4.79 Å². The monoisotopic (exact) mass is 196 g/mol. The number of hydrogen-bond donors (Lipinski definition) is 0. The normalized spacial score (nSPS) is 11.3. The van der Waals surface area contributed by atoms with Crippen LogP contribution in [0.15, 0.2) is 24.3 Å². The third-order valence-corrected chi connectivity index (χ3v) is 1.70. The van der Waals surface area contributed by atoms with Crippen LogP contribution in [0.3, 0.4) is 0 Å². The van der Waals surface area contributed by atoms with Gasteiger partial charge in [-0.05, 0) is 12.8 Å². The Labute approximate surface area is 86.6 Å². The van der Waals surface area contributed by atoms with E-state index in [1.165, 1.54) is 19.8 Å². The molecule has 80 valence electrons. The molecular weight excluding hydrogens is 176 g/mol. The molecule has 0 atom stereocenters. The lowest BCUT2D eigenvalue weighted by Crippen LogP contribution is -1.98. The molecule has 14 heavy (non-hydrogen) atoms. The Bertz CT molecular complexity index is 192. The van der Waals surface area contributed by atoms with Crippen LogP contribution in [0.2, 0.25) is 0 Å². The summed E-state index contributed by atoms with van der Waals surface area (Å²) in [6.45, 7) is 4.09. The zero-order chi connectivity index (χ0) is 10.6. The maximum atomic E-state index is 10.4. The molecule has 0 spiro atoms. The minimum Gasteiger partial charge on any atom is -0.466 e. The van der Waals surface area contributed by atoms with Crippen LogP contribution >= 0.6 is 0 Å². The van der Waals surface area contributed by atoms with Crippen LogP contribution < -0.4 is 0 Å². The minimum absolute atomic E-state index is 0.211. The molecule has 0 aliphatic heterocycles. The highest BCUT2D eigenvalue weighted by Gasteiger charge is 1.87. The summed E-state index contributed by atoms with van der Waals surface area (Å²) in [5.41, 5.74) is 0. The lowest BCUT2D eigenvalue weighted by atomic mass is 10.2. The molecule has 0 unspecified atom stereocenters. The molecule has 0 radical (unpaired) electrons. The first-order chi connectivity index (χ1) is 6.77. The van der Waals surface area contributed by atoms with Gasteiger partial charge in [0.1, 0.15) is 0 Å². The maximum Gasteiger partial charge on any atom is 0.302 e. The number of carbonyl (C=O) groups is 1. The molecule has 0 aromatic carbocycles. The fraction of sp³-hybridized carbons (Fsp3) is 0.583. The van der Waals surface area contributed by atoms with Gasteiger partial charge in [0.15, 0.2) is 0 Å². The van der Waals surface area contributed by atoms with Gasteiger partial charge in [-0.15, -0.1) is 0 Å². The third-order valence-electron chi connectivity index (χ3n) is 1.70. The van der Waals surface area contributed by atoms with E-state index < -0.39 is 0 Å². The molecule has 0 amide bonds. The molecule has 0 bridgehead atoms. The Hall–Kier alpha value is -1.05. The van der Waals surface area contributed by atoms with Crippen molar-refractivity contribution in [2.24, 2.45) is 0 Å². The van der Waals surface area contributed by atoms with Crippen LogP contribution in [-0.4, -0.2) is 12.6 Å². The van der Waals surface area contributed by atoms with E-state index in [0.29, 0.717) is 6.61 Å². The van der Waals surface area contributed by atoms with Crippen molar-refractivity contribution in [3.63, 3.8) is 0 Å². The molecule has 2 heteroatoms. The van der Waals surface area contributed by atoms with Gasteiger partial charge in [-0.1, -0.05) is 44.1 Å². The van der Waals surface area contributed by atoms with Crippen molar-refractivity contribution in [2.75, 3.05) is 6.61 Å². The van der Waals surface area contributed by atoms with E-state index >= 15 is 0 Å². The molecule has 0 aliphatic carbocycles. The average Bonchev–Trinajstić information content (AvgIpc) is 2.15. The van der Waals surface area contributed by atoms with Gasteiger partial charge in [0.25, 0.3) is 0 Å². The predicted molar refractivity (Wildman–Crippen MR) is 59.1 cm³/mol. The predicted octanol–water partition coefficient (Wildman–Crippen LogP) is 3.24. The highest BCUT2D eigenvalue weighted by Crippen LogP contribution is 1.95. The molecule has 0 N–H and O–H groups in total. The quantitative estimate of drug-likeness (QED) is 0.355. The van der Waals surface area contributed by atoms with Crippen LogP contribution in [0.1, 0.15) is 39.5 Å². The zero-order valence-corrected chi connectivity index (χ0v) is 9.16. The van der Waals surface area contributed by atoms with E-state index in [1.807, 2.05) is 18.2 Å². The van der Waals surface area contributed by atoms with Gasteiger partial charge >= 0.3 is 5.97 Å². The number of carbonyl (C=O) groups excluding carboxylic acids is 1. The van der Waals surface area contributed by atoms with Crippen LogP contribution in [-0.2, 0) is 9.53 Å². The number of hydrogen-bond acceptors (Lipinski definition) is 2. The zero-order valence-electron chi connectivity index (χ0n) is 9.16. The fourth-order valence-electron chi connectivity index (χ4n) is 0.942. The first-order valence-electron chi connectivity index (χ1n) is 5.22. The molecule has 0 rings (SSSR count). The van der Waals surface area contributed by atoms with Crippen molar-refractivity contribution in [3.05, 3.63) is 24.3 Å². The molecular formula is C12H20O2. The Balaban J connectivity index is 3.26. The summed E-state index contributed by atoms with van der Waals surface area (Å²) in [5, 5.41) is 0. The van der Waals surface area contributed by atoms with Gasteiger partial charge in [0.05, 0.1) is 6.61 Å². The second-order valence-electron chi connectivity index (χ2n) is 3.13. The molecule has 0 aromatic rings. The minimum atomic E-state index is -0.211. The van der Waals surface area contributed by atoms with E-state index in [2.05, 4.69) is 13.0 Å². The first kappa shape index (κ1) is 12.9. The summed E-state index contributed by atoms with van der Waals surface area (Å²) < 4.78 is 4.77. The largest absolute Gasteiger partial charge is 0.466 e. The fourth-order valence-corrected chi connectivity index (χ4v) is 0.942. The van der Waals surface area contributed by atoms with Crippen molar-refractivity contribution in [1.29, 1.82) is 0 Å². The number of rotatable bonds is 7. The Kier molecular flexibility index (Phi) is 9.28. The van der Waals surface area contributed by atoms with E-state index in [4.69, 9.17) is 4.74 Å². The number of allylic oxidation sites excluding steroid dienone is 3. The van der Waals surface area contributed by atoms with Gasteiger partial charge in [-0.2, -0.15) is 0 Å². The number of ether oxygens (including phenoxy) is 1. The Morgan fingerprint density at radius 2 is 1.86 bits per heavy atom. The van der Waals surface area contributed by atoms with Gasteiger partial charge < -0.3 is 4.74 Å². The van der Waals surface area contributed by atoms with Gasteiger partial charge in [0, 0.05) is 6.92 Å². The lowest BCUT2D eigenvalue weighted by Gasteiger charge is -1.95. The molecule has 0 heterocycles. The summed E-state index contributed by atoms with van der Waals surface area (Å²) in [7, 11) is 0. The Morgan fingerprint density at radius 3 is 2.43 bits per heavy atom. The summed E-state index contributed by atoms with van der Waals surface area (Å²) in [4.78, 5) is 10.4. The summed E-state index contributed by atoms with van der Waals surface area (Å²) in [6.07, 6.45) is 12.6. The molecule has 0 fully saturated rings. The van der Waals surface area contributed by atoms with E-state index in [-0.39, 0.29) is 5.97 Å². The van der Waals surface area contributed by atoms with Crippen molar-refractivity contribution in [1.82, 2.24) is 0 Å². The van der Waals surface area contributed by atoms with Crippen molar-refractivity contribution < 1.29 is 9.53 Å². The van der Waals surface area contributed by atoms with Gasteiger partial charge in [-0.25, -0.2) is 0 Å². The molecule has 0 aromatic heterocycles. The molecule has 2 nitrogen and oxygen atoms in total. The van der Waals surface area contributed by atoms with Crippen LogP contribution in [0.25, 0.3) is 0 Å². The second kappa shape index (κ2) is 10.0. The van der Waals surface area contributed by atoms with Crippen LogP contribution in [0, 0.1) is 0 Å². The lowest BCUT2D eigenvalue weighted by molar-refractivity contribution is -0.140. The van der Waals surface area contributed by atoms with Crippen LogP contribution in [0.5, 0.6) is 0 Å². The van der Waals surface area contributed by atoms with Gasteiger partial charge in [0.2, 0.25) is 0 Å². The van der Waals surface area contributed by atoms with E-state index in [0.717, 1.165) is 12.8 Å². The summed E-state index contributed by atoms with van der Waals surface area (Å²) >= 11 is 0. The summed E-state index contributed by atoms with van der Waals surface area (Å²) in [6, 6.07) is 0. The van der Waals surface area contributed by atoms with Crippen molar-refractivity contribution >= 4 is 5.97 Å². The highest BCUT2D eigenvalue weighted by molar-refractivity contribution is 5.65. The summed E-state index contributed by atoms with van der Waals surface area (Å²) in [5.74, 6) is -0.211. The average molecular weight is 196 g/mol. The molecule has 0 aliphatic rings. The van der Waals surface area contributed by atoms with Crippen molar-refractivity contribution in [2.45, 2.75) is 39.5 Å². The van der Waals surface area contributed by atoms with E-state index in [9.17, 15) is 4.79 Å². The smallest absolute Gasteiger partial charge is 0.302 e. The van der Waals surface area contributed by atoms with Crippen LogP contribution in [0.4, 0.5) is 0 Å². The topological polar surface area (TPSA) is 26.3 Å². The first-order valence-corrected chi connectivity index (χ1v) is 5.22. The number of esters is 1. The highest BCUT2D eigenvalue weighted by atomic mass is 16.5. The maximum absolute atomic E-state index is 10.4. The standard InChI is InChI=1S/C12H20O2/c1-3-4-5-6-7-8-9-10-11-14-12(2)13/h6-9H,3-5,10-11H2,1-2H3. The van der Waals surface area contributed by atoms with Crippen molar-refractivity contribution in [3.8, 4) is 0 Å². The third kappa shape index (κ3) is 11.0. The Morgan fingerprint density at radius 1 is 1.21 bits per heavy atom. The molecule has 0 saturated carbocycles. The number of unbranched alkanes of at least 4 members (excludes halogenated alkanes) is 2. The molecule has 0 saturated heterocycles.